The van der Waals surface area contributed by atoms with Crippen LogP contribution >= 0.6 is 11.6 Å². The van der Waals surface area contributed by atoms with Gasteiger partial charge in [0.2, 0.25) is 5.75 Å². The lowest BCUT2D eigenvalue weighted by Crippen LogP contribution is -2.13. The Labute approximate surface area is 216 Å². The molecular formula is C25H26ClNO8S. The third-order valence-corrected chi connectivity index (χ3v) is 5.94. The standard InChI is InChI=1S/C25H26ClNO8S/c1-19-2-9-23(10-3-19)36(30)34-17-15-32-13-12-31-14-16-33-21-5-7-22(8-6-21)35-25-11-4-20(26)18-24(25)27(28)29/h2-11,18H,12-17H2,1H3. The van der Waals surface area contributed by atoms with Crippen LogP contribution in [0.2, 0.25) is 5.02 Å². The average molecular weight is 536 g/mol. The van der Waals surface area contributed by atoms with Gasteiger partial charge in [0.05, 0.1) is 42.9 Å². The third kappa shape index (κ3) is 9.21. The number of nitro groups is 1. The number of ether oxygens (including phenoxy) is 4. The van der Waals surface area contributed by atoms with Crippen molar-refractivity contribution < 1.29 is 32.3 Å². The van der Waals surface area contributed by atoms with Crippen molar-refractivity contribution in [2.24, 2.45) is 0 Å². The summed E-state index contributed by atoms with van der Waals surface area (Å²) >= 11 is 4.31. The van der Waals surface area contributed by atoms with Gasteiger partial charge in [-0.15, -0.1) is 0 Å². The fourth-order valence-corrected chi connectivity index (χ4v) is 3.76. The van der Waals surface area contributed by atoms with E-state index in [0.29, 0.717) is 49.4 Å². The lowest BCUT2D eigenvalue weighted by Gasteiger charge is -2.10. The zero-order valence-corrected chi connectivity index (χ0v) is 21.2. The lowest BCUT2D eigenvalue weighted by atomic mass is 10.2. The smallest absolute Gasteiger partial charge is 0.313 e. The molecule has 0 saturated heterocycles. The van der Waals surface area contributed by atoms with Crippen molar-refractivity contribution in [3.8, 4) is 17.2 Å². The Kier molecular flexibility index (Phi) is 11.1. The van der Waals surface area contributed by atoms with Crippen LogP contribution in [0.4, 0.5) is 5.69 Å². The molecule has 0 saturated carbocycles. The minimum atomic E-state index is -1.50. The predicted molar refractivity (Wildman–Crippen MR) is 135 cm³/mol. The van der Waals surface area contributed by atoms with E-state index in [1.807, 2.05) is 19.1 Å². The summed E-state index contributed by atoms with van der Waals surface area (Å²) in [6.45, 7) is 3.96. The number of nitro benzene ring substituents is 1. The first-order chi connectivity index (χ1) is 17.4. The summed E-state index contributed by atoms with van der Waals surface area (Å²) in [7, 11) is 0. The highest BCUT2D eigenvalue weighted by atomic mass is 35.5. The van der Waals surface area contributed by atoms with Gasteiger partial charge >= 0.3 is 5.69 Å². The molecule has 0 aliphatic heterocycles. The van der Waals surface area contributed by atoms with E-state index in [4.69, 9.17) is 34.7 Å². The number of benzene rings is 3. The lowest BCUT2D eigenvalue weighted by molar-refractivity contribution is -0.385. The van der Waals surface area contributed by atoms with E-state index in [1.54, 1.807) is 36.4 Å². The summed E-state index contributed by atoms with van der Waals surface area (Å²) in [4.78, 5) is 11.2. The zero-order chi connectivity index (χ0) is 25.8. The SMILES string of the molecule is Cc1ccc(S(=O)OCCOCCOCCOc2ccc(Oc3ccc(Cl)cc3[N+](=O)[O-])cc2)cc1. The fourth-order valence-electron chi connectivity index (χ4n) is 2.88. The number of hydrogen-bond acceptors (Lipinski definition) is 8. The number of aryl methyl sites for hydroxylation is 1. The third-order valence-electron chi connectivity index (χ3n) is 4.67. The van der Waals surface area contributed by atoms with E-state index in [1.165, 1.54) is 18.2 Å². The second-order valence-electron chi connectivity index (χ2n) is 7.39. The largest absolute Gasteiger partial charge is 0.491 e. The molecule has 0 heterocycles. The van der Waals surface area contributed by atoms with Gasteiger partial charge in [-0.25, -0.2) is 4.21 Å². The van der Waals surface area contributed by atoms with Gasteiger partial charge in [-0.3, -0.25) is 14.3 Å². The Hall–Kier alpha value is -3.02. The molecule has 0 aromatic heterocycles. The summed E-state index contributed by atoms with van der Waals surface area (Å²) in [6, 6.07) is 18.2. The van der Waals surface area contributed by atoms with E-state index in [9.17, 15) is 14.3 Å². The van der Waals surface area contributed by atoms with Gasteiger partial charge in [-0.1, -0.05) is 29.3 Å². The van der Waals surface area contributed by atoms with Crippen molar-refractivity contribution in [1.82, 2.24) is 0 Å². The monoisotopic (exact) mass is 535 g/mol. The van der Waals surface area contributed by atoms with Crippen LogP contribution in [0, 0.1) is 17.0 Å². The summed E-state index contributed by atoms with van der Waals surface area (Å²) in [5.74, 6) is 1.12. The van der Waals surface area contributed by atoms with Crippen LogP contribution in [0.3, 0.4) is 0 Å². The molecule has 36 heavy (non-hydrogen) atoms. The molecule has 3 aromatic rings. The highest BCUT2D eigenvalue weighted by molar-refractivity contribution is 7.80. The van der Waals surface area contributed by atoms with E-state index in [-0.39, 0.29) is 23.1 Å². The van der Waals surface area contributed by atoms with Crippen LogP contribution in [-0.2, 0) is 24.7 Å². The fraction of sp³-hybridized carbons (Fsp3) is 0.280. The number of nitrogens with zero attached hydrogens (tertiary/aromatic N) is 1. The molecular weight excluding hydrogens is 510 g/mol. The Bertz CT molecular complexity index is 1140. The molecule has 1 unspecified atom stereocenters. The van der Waals surface area contributed by atoms with Crippen molar-refractivity contribution in [2.45, 2.75) is 11.8 Å². The number of rotatable bonds is 15. The Morgan fingerprint density at radius 3 is 2.11 bits per heavy atom. The molecule has 0 radical (unpaired) electrons. The Balaban J connectivity index is 1.25. The molecule has 0 bridgehead atoms. The summed E-state index contributed by atoms with van der Waals surface area (Å²) in [5, 5.41) is 11.4. The first-order valence-electron chi connectivity index (χ1n) is 11.0. The second-order valence-corrected chi connectivity index (χ2v) is 9.00. The topological polar surface area (TPSA) is 106 Å². The molecule has 0 amide bonds. The molecule has 3 rings (SSSR count). The maximum absolute atomic E-state index is 12.0. The predicted octanol–water partition coefficient (Wildman–Crippen LogP) is 5.50. The van der Waals surface area contributed by atoms with Gasteiger partial charge in [-0.05, 0) is 55.5 Å². The molecule has 0 N–H and O–H groups in total. The van der Waals surface area contributed by atoms with Crippen LogP contribution in [0.5, 0.6) is 17.2 Å². The Morgan fingerprint density at radius 1 is 0.833 bits per heavy atom. The molecule has 0 fully saturated rings. The van der Waals surface area contributed by atoms with Crippen molar-refractivity contribution in [2.75, 3.05) is 39.6 Å². The van der Waals surface area contributed by atoms with Crippen molar-refractivity contribution in [1.29, 1.82) is 0 Å². The van der Waals surface area contributed by atoms with E-state index < -0.39 is 16.0 Å². The maximum atomic E-state index is 12.0. The van der Waals surface area contributed by atoms with Gasteiger partial charge in [-0.2, -0.15) is 0 Å². The normalized spacial score (nSPS) is 11.7. The van der Waals surface area contributed by atoms with E-state index >= 15 is 0 Å². The Morgan fingerprint density at radius 2 is 1.44 bits per heavy atom. The highest BCUT2D eigenvalue weighted by Crippen LogP contribution is 2.34. The van der Waals surface area contributed by atoms with Crippen molar-refractivity contribution >= 4 is 28.4 Å². The molecule has 0 aliphatic rings. The summed E-state index contributed by atoms with van der Waals surface area (Å²) in [5.41, 5.74) is 0.881. The minimum absolute atomic E-state index is 0.0970. The van der Waals surface area contributed by atoms with Crippen molar-refractivity contribution in [3.63, 3.8) is 0 Å². The molecule has 9 nitrogen and oxygen atoms in total. The van der Waals surface area contributed by atoms with Crippen LogP contribution in [0.1, 0.15) is 5.56 Å². The molecule has 0 spiro atoms. The summed E-state index contributed by atoms with van der Waals surface area (Å²) < 4.78 is 39.3. The van der Waals surface area contributed by atoms with Gasteiger partial charge in [0.25, 0.3) is 0 Å². The maximum Gasteiger partial charge on any atom is 0.313 e. The van der Waals surface area contributed by atoms with Crippen molar-refractivity contribution in [3.05, 3.63) is 87.4 Å². The molecule has 1 atom stereocenters. The number of halogens is 1. The minimum Gasteiger partial charge on any atom is -0.491 e. The van der Waals surface area contributed by atoms with Crippen LogP contribution in [0.15, 0.2) is 71.6 Å². The average Bonchev–Trinajstić information content (AvgIpc) is 2.87. The first-order valence-corrected chi connectivity index (χ1v) is 12.5. The van der Waals surface area contributed by atoms with E-state index in [0.717, 1.165) is 5.56 Å². The highest BCUT2D eigenvalue weighted by Gasteiger charge is 2.16. The van der Waals surface area contributed by atoms with Crippen LogP contribution in [-0.4, -0.2) is 48.8 Å². The molecule has 0 aliphatic carbocycles. The quantitative estimate of drug-likeness (QED) is 0.143. The molecule has 192 valence electrons. The van der Waals surface area contributed by atoms with Gasteiger partial charge < -0.3 is 18.9 Å². The molecule has 3 aromatic carbocycles. The van der Waals surface area contributed by atoms with Gasteiger partial charge in [0.15, 0.2) is 11.1 Å². The van der Waals surface area contributed by atoms with Crippen LogP contribution in [0.25, 0.3) is 0 Å². The zero-order valence-electron chi connectivity index (χ0n) is 19.6. The van der Waals surface area contributed by atoms with Gasteiger partial charge in [0.1, 0.15) is 18.1 Å². The second kappa shape index (κ2) is 14.5. The number of hydrogen-bond donors (Lipinski definition) is 0. The molecule has 11 heteroatoms. The first kappa shape index (κ1) is 27.6. The van der Waals surface area contributed by atoms with E-state index in [2.05, 4.69) is 0 Å². The summed E-state index contributed by atoms with van der Waals surface area (Å²) in [6.07, 6.45) is 0. The van der Waals surface area contributed by atoms with Crippen LogP contribution < -0.4 is 9.47 Å². The van der Waals surface area contributed by atoms with Gasteiger partial charge in [0, 0.05) is 11.1 Å².